The van der Waals surface area contributed by atoms with Crippen LogP contribution in [0.5, 0.6) is 0 Å². The fourth-order valence-corrected chi connectivity index (χ4v) is 3.30. The van der Waals surface area contributed by atoms with E-state index in [9.17, 15) is 4.79 Å². The Bertz CT molecular complexity index is 814. The first-order valence-corrected chi connectivity index (χ1v) is 8.36. The lowest BCUT2D eigenvalue weighted by Crippen LogP contribution is -2.29. The van der Waals surface area contributed by atoms with Gasteiger partial charge < -0.3 is 9.42 Å². The summed E-state index contributed by atoms with van der Waals surface area (Å²) >= 11 is 7.77. The van der Waals surface area contributed by atoms with E-state index in [0.717, 1.165) is 10.4 Å². The molecule has 0 fully saturated rings. The second-order valence-corrected chi connectivity index (χ2v) is 6.55. The Kier molecular flexibility index (Phi) is 4.50. The van der Waals surface area contributed by atoms with Crippen molar-refractivity contribution in [2.75, 3.05) is 7.05 Å². The number of rotatable bonds is 4. The lowest BCUT2D eigenvalue weighted by atomic mass is 10.1. The second-order valence-electron chi connectivity index (χ2n) is 5.16. The molecule has 0 aliphatic rings. The first-order chi connectivity index (χ1) is 11.1. The van der Waals surface area contributed by atoms with Crippen LogP contribution >= 0.6 is 22.9 Å². The van der Waals surface area contributed by atoms with Gasteiger partial charge in [0.25, 0.3) is 5.91 Å². The van der Waals surface area contributed by atoms with Gasteiger partial charge in [-0.2, -0.15) is 0 Å². The smallest absolute Gasteiger partial charge is 0.276 e. The third-order valence-corrected chi connectivity index (χ3v) is 5.10. The van der Waals surface area contributed by atoms with Crippen molar-refractivity contribution in [3.8, 4) is 11.3 Å². The molecule has 1 aromatic carbocycles. The molecule has 1 amide bonds. The third-order valence-electron chi connectivity index (χ3n) is 3.72. The molecule has 4 nitrogen and oxygen atoms in total. The van der Waals surface area contributed by atoms with Crippen LogP contribution in [0.25, 0.3) is 11.3 Å². The zero-order valence-electron chi connectivity index (χ0n) is 12.7. The number of halogens is 1. The van der Waals surface area contributed by atoms with E-state index in [1.807, 2.05) is 42.6 Å². The van der Waals surface area contributed by atoms with Crippen molar-refractivity contribution < 1.29 is 9.32 Å². The molecule has 23 heavy (non-hydrogen) atoms. The summed E-state index contributed by atoms with van der Waals surface area (Å²) in [5.41, 5.74) is 0.987. The molecule has 3 aromatic rings. The molecule has 0 aliphatic heterocycles. The number of hydrogen-bond donors (Lipinski definition) is 0. The predicted molar refractivity (Wildman–Crippen MR) is 91.8 cm³/mol. The molecule has 3 rings (SSSR count). The van der Waals surface area contributed by atoms with Crippen molar-refractivity contribution in [2.24, 2.45) is 0 Å². The average Bonchev–Trinajstić information content (AvgIpc) is 3.24. The summed E-state index contributed by atoms with van der Waals surface area (Å²) < 4.78 is 5.29. The van der Waals surface area contributed by atoms with Crippen LogP contribution in [-0.4, -0.2) is 23.0 Å². The highest BCUT2D eigenvalue weighted by Gasteiger charge is 2.23. The van der Waals surface area contributed by atoms with Gasteiger partial charge in [0.2, 0.25) is 0 Å². The fraction of sp³-hybridized carbons (Fsp3) is 0.176. The van der Waals surface area contributed by atoms with E-state index < -0.39 is 0 Å². The largest absolute Gasteiger partial charge is 0.355 e. The summed E-state index contributed by atoms with van der Waals surface area (Å²) in [6, 6.07) is 12.9. The van der Waals surface area contributed by atoms with E-state index in [4.69, 9.17) is 16.1 Å². The van der Waals surface area contributed by atoms with Crippen LogP contribution in [0.2, 0.25) is 5.02 Å². The molecular weight excluding hydrogens is 332 g/mol. The molecular formula is C17H15ClN2O2S. The van der Waals surface area contributed by atoms with E-state index in [-0.39, 0.29) is 17.6 Å². The number of carbonyl (C=O) groups is 1. The Balaban J connectivity index is 1.83. The van der Waals surface area contributed by atoms with Crippen molar-refractivity contribution in [3.05, 3.63) is 63.4 Å². The Morgan fingerprint density at radius 1 is 1.30 bits per heavy atom. The molecule has 0 saturated carbocycles. The van der Waals surface area contributed by atoms with Gasteiger partial charge in [-0.25, -0.2) is 0 Å². The van der Waals surface area contributed by atoms with E-state index in [1.165, 1.54) is 0 Å². The van der Waals surface area contributed by atoms with Crippen molar-refractivity contribution in [2.45, 2.75) is 13.0 Å². The van der Waals surface area contributed by atoms with Crippen LogP contribution in [0, 0.1) is 0 Å². The van der Waals surface area contributed by atoms with Crippen molar-refractivity contribution in [1.29, 1.82) is 0 Å². The first-order valence-electron chi connectivity index (χ1n) is 7.10. The van der Waals surface area contributed by atoms with Gasteiger partial charge in [0.05, 0.1) is 11.1 Å². The predicted octanol–water partition coefficient (Wildman–Crippen LogP) is 4.89. The van der Waals surface area contributed by atoms with Gasteiger partial charge in [-0.1, -0.05) is 35.0 Å². The van der Waals surface area contributed by atoms with Crippen LogP contribution in [0.1, 0.15) is 28.3 Å². The molecule has 0 spiro atoms. The molecule has 118 valence electrons. The highest BCUT2D eigenvalue weighted by Crippen LogP contribution is 2.29. The van der Waals surface area contributed by atoms with E-state index in [0.29, 0.717) is 10.8 Å². The highest BCUT2D eigenvalue weighted by molar-refractivity contribution is 7.10. The molecule has 0 radical (unpaired) electrons. The monoisotopic (exact) mass is 346 g/mol. The van der Waals surface area contributed by atoms with Gasteiger partial charge >= 0.3 is 0 Å². The molecule has 1 atom stereocenters. The number of amides is 1. The van der Waals surface area contributed by atoms with Crippen LogP contribution in [0.15, 0.2) is 52.4 Å². The molecule has 0 aliphatic carbocycles. The van der Waals surface area contributed by atoms with Crippen LogP contribution in [-0.2, 0) is 0 Å². The summed E-state index contributed by atoms with van der Waals surface area (Å²) in [6.45, 7) is 1.98. The van der Waals surface area contributed by atoms with Crippen LogP contribution in [0.4, 0.5) is 0 Å². The van der Waals surface area contributed by atoms with Crippen molar-refractivity contribution in [1.82, 2.24) is 10.1 Å². The van der Waals surface area contributed by atoms with Gasteiger partial charge in [-0.15, -0.1) is 11.3 Å². The van der Waals surface area contributed by atoms with E-state index in [1.54, 1.807) is 35.4 Å². The lowest BCUT2D eigenvalue weighted by molar-refractivity contribution is 0.0734. The summed E-state index contributed by atoms with van der Waals surface area (Å²) in [4.78, 5) is 15.4. The Morgan fingerprint density at radius 3 is 2.78 bits per heavy atom. The maximum atomic E-state index is 12.6. The van der Waals surface area contributed by atoms with Crippen molar-refractivity contribution in [3.63, 3.8) is 0 Å². The SMILES string of the molecule is CC(c1cccs1)N(C)C(=O)c1cc(-c2ccccc2Cl)on1. The normalized spacial score (nSPS) is 12.1. The van der Waals surface area contributed by atoms with Gasteiger partial charge in [-0.05, 0) is 30.5 Å². The first kappa shape index (κ1) is 15.8. The molecule has 0 saturated heterocycles. The van der Waals surface area contributed by atoms with E-state index in [2.05, 4.69) is 5.16 Å². The topological polar surface area (TPSA) is 46.3 Å². The summed E-state index contributed by atoms with van der Waals surface area (Å²) in [6.07, 6.45) is 0. The zero-order chi connectivity index (χ0) is 16.4. The highest BCUT2D eigenvalue weighted by atomic mass is 35.5. The van der Waals surface area contributed by atoms with Gasteiger partial charge in [0, 0.05) is 23.6 Å². The third kappa shape index (κ3) is 3.16. The maximum Gasteiger partial charge on any atom is 0.276 e. The summed E-state index contributed by atoms with van der Waals surface area (Å²) in [5.74, 6) is 0.295. The number of carbonyl (C=O) groups excluding carboxylic acids is 1. The minimum atomic E-state index is -0.187. The molecule has 2 heterocycles. The van der Waals surface area contributed by atoms with Crippen LogP contribution < -0.4 is 0 Å². The molecule has 0 N–H and O–H groups in total. The number of thiophene rings is 1. The Labute approximate surface area is 143 Å². The number of benzene rings is 1. The van der Waals surface area contributed by atoms with Gasteiger partial charge in [0.15, 0.2) is 11.5 Å². The lowest BCUT2D eigenvalue weighted by Gasteiger charge is -2.22. The van der Waals surface area contributed by atoms with Crippen molar-refractivity contribution >= 4 is 28.8 Å². The average molecular weight is 347 g/mol. The number of nitrogens with zero attached hydrogens (tertiary/aromatic N) is 2. The minimum Gasteiger partial charge on any atom is -0.355 e. The molecule has 1 unspecified atom stereocenters. The number of hydrogen-bond acceptors (Lipinski definition) is 4. The summed E-state index contributed by atoms with van der Waals surface area (Å²) in [5, 5.41) is 6.45. The quantitative estimate of drug-likeness (QED) is 0.675. The minimum absolute atomic E-state index is 0.0250. The number of aromatic nitrogens is 1. The second kappa shape index (κ2) is 6.56. The molecule has 2 aromatic heterocycles. The van der Waals surface area contributed by atoms with Gasteiger partial charge in [-0.3, -0.25) is 4.79 Å². The standard InChI is InChI=1S/C17H15ClN2O2S/c1-11(16-8-5-9-23-16)20(2)17(21)14-10-15(22-19-14)12-6-3-4-7-13(12)18/h3-11H,1-2H3. The van der Waals surface area contributed by atoms with Crippen LogP contribution in [0.3, 0.4) is 0 Å². The summed E-state index contributed by atoms with van der Waals surface area (Å²) in [7, 11) is 1.76. The Hall–Kier alpha value is -2.11. The fourth-order valence-electron chi connectivity index (χ4n) is 2.24. The molecule has 6 heteroatoms. The van der Waals surface area contributed by atoms with Gasteiger partial charge in [0.1, 0.15) is 0 Å². The Morgan fingerprint density at radius 2 is 2.09 bits per heavy atom. The zero-order valence-corrected chi connectivity index (χ0v) is 14.3. The molecule has 0 bridgehead atoms. The van der Waals surface area contributed by atoms with E-state index >= 15 is 0 Å². The maximum absolute atomic E-state index is 12.6.